The van der Waals surface area contributed by atoms with Gasteiger partial charge in [0.2, 0.25) is 0 Å². The molecule has 11 heteroatoms. The number of halogens is 5. The van der Waals surface area contributed by atoms with Crippen molar-refractivity contribution in [1.82, 2.24) is 15.0 Å². The molecular formula is C18H14Cl2F3N5S. The predicted molar refractivity (Wildman–Crippen MR) is 108 cm³/mol. The lowest BCUT2D eigenvalue weighted by molar-refractivity contribution is -0.141. The predicted octanol–water partition coefficient (Wildman–Crippen LogP) is 5.62. The Morgan fingerprint density at radius 1 is 1.21 bits per heavy atom. The van der Waals surface area contributed by atoms with Gasteiger partial charge in [-0.2, -0.15) is 13.2 Å². The fourth-order valence-electron chi connectivity index (χ4n) is 3.06. The minimum Gasteiger partial charge on any atom is -0.369 e. The number of fused-ring (bicyclic) bond motifs is 1. The first kappa shape index (κ1) is 20.2. The van der Waals surface area contributed by atoms with Crippen molar-refractivity contribution in [3.63, 3.8) is 0 Å². The Labute approximate surface area is 178 Å². The third kappa shape index (κ3) is 4.57. The van der Waals surface area contributed by atoms with E-state index in [0.717, 1.165) is 28.9 Å². The largest absolute Gasteiger partial charge is 0.433 e. The van der Waals surface area contributed by atoms with E-state index in [-0.39, 0.29) is 5.92 Å². The normalized spacial score (nSPS) is 15.8. The number of nitrogens with one attached hydrogen (secondary N) is 2. The molecule has 0 aromatic carbocycles. The smallest absolute Gasteiger partial charge is 0.369 e. The van der Waals surface area contributed by atoms with Crippen molar-refractivity contribution in [3.8, 4) is 0 Å². The van der Waals surface area contributed by atoms with Gasteiger partial charge in [-0.05, 0) is 24.1 Å². The lowest BCUT2D eigenvalue weighted by Crippen LogP contribution is -2.08. The highest BCUT2D eigenvalue weighted by Crippen LogP contribution is 2.37. The van der Waals surface area contributed by atoms with Gasteiger partial charge in [0.1, 0.15) is 16.7 Å². The third-order valence-electron chi connectivity index (χ3n) is 4.48. The fraction of sp³-hybridized carbons (Fsp3) is 0.278. The summed E-state index contributed by atoms with van der Waals surface area (Å²) in [7, 11) is 0. The van der Waals surface area contributed by atoms with E-state index in [0.29, 0.717) is 33.8 Å². The van der Waals surface area contributed by atoms with Crippen molar-refractivity contribution < 1.29 is 13.2 Å². The van der Waals surface area contributed by atoms with Crippen molar-refractivity contribution in [1.29, 1.82) is 0 Å². The Morgan fingerprint density at radius 2 is 2.03 bits per heavy atom. The summed E-state index contributed by atoms with van der Waals surface area (Å²) >= 11 is 13.8. The number of pyridine rings is 2. The second kappa shape index (κ2) is 7.97. The molecule has 0 amide bonds. The van der Waals surface area contributed by atoms with E-state index in [2.05, 4.69) is 25.6 Å². The van der Waals surface area contributed by atoms with E-state index in [4.69, 9.17) is 23.2 Å². The Kier molecular flexibility index (Phi) is 5.54. The van der Waals surface area contributed by atoms with E-state index in [1.807, 2.05) is 6.07 Å². The Bertz CT molecular complexity index is 1020. The van der Waals surface area contributed by atoms with Crippen LogP contribution in [0.25, 0.3) is 0 Å². The molecule has 0 radical (unpaired) electrons. The van der Waals surface area contributed by atoms with Crippen LogP contribution in [0.15, 0.2) is 30.6 Å². The van der Waals surface area contributed by atoms with Crippen LogP contribution >= 0.6 is 34.5 Å². The summed E-state index contributed by atoms with van der Waals surface area (Å²) in [5, 5.41) is 7.93. The average molecular weight is 460 g/mol. The zero-order valence-electron chi connectivity index (χ0n) is 14.7. The number of rotatable bonds is 5. The Morgan fingerprint density at radius 3 is 2.76 bits per heavy atom. The molecule has 0 saturated heterocycles. The summed E-state index contributed by atoms with van der Waals surface area (Å²) < 4.78 is 37.7. The fourth-order valence-corrected chi connectivity index (χ4v) is 4.48. The third-order valence-corrected chi connectivity index (χ3v) is 6.15. The van der Waals surface area contributed by atoms with Gasteiger partial charge in [0, 0.05) is 41.8 Å². The maximum atomic E-state index is 12.6. The average Bonchev–Trinajstić information content (AvgIpc) is 3.23. The van der Waals surface area contributed by atoms with Gasteiger partial charge >= 0.3 is 6.18 Å². The maximum absolute atomic E-state index is 12.6. The minimum absolute atomic E-state index is 0.182. The molecule has 4 heterocycles. The first-order valence-electron chi connectivity index (χ1n) is 8.60. The van der Waals surface area contributed by atoms with E-state index in [1.165, 1.54) is 23.6 Å². The molecule has 0 bridgehead atoms. The summed E-state index contributed by atoms with van der Waals surface area (Å²) in [6.07, 6.45) is -0.962. The van der Waals surface area contributed by atoms with Crippen molar-refractivity contribution in [2.45, 2.75) is 25.1 Å². The molecule has 5 nitrogen and oxygen atoms in total. The van der Waals surface area contributed by atoms with E-state index in [9.17, 15) is 13.2 Å². The molecule has 3 aromatic heterocycles. The molecule has 2 N–H and O–H groups in total. The van der Waals surface area contributed by atoms with Gasteiger partial charge in [0.05, 0.1) is 5.02 Å². The molecule has 1 aliphatic heterocycles. The van der Waals surface area contributed by atoms with Gasteiger partial charge in [-0.3, -0.25) is 4.98 Å². The lowest BCUT2D eigenvalue weighted by Gasteiger charge is -2.08. The number of alkyl halides is 3. The molecule has 0 fully saturated rings. The summed E-state index contributed by atoms with van der Waals surface area (Å²) in [5.74, 6) is 1.01. The molecule has 4 rings (SSSR count). The summed E-state index contributed by atoms with van der Waals surface area (Å²) in [6.45, 7) is 1.03. The molecule has 3 aromatic rings. The molecule has 1 aliphatic rings. The molecule has 1 unspecified atom stereocenters. The minimum atomic E-state index is -4.45. The standard InChI is InChI=1S/C18H14Cl2F3N5S/c19-11-4-12-10(7-25-16(12)26-8-11)3-13-15(20)28-17(29-13)27-6-9-1-2-14(24-5-9)18(21,22)23/h1-2,4-5,8,10H,3,6-7H2,(H,25,26)(H,27,28). The number of anilines is 2. The number of hydrogen-bond acceptors (Lipinski definition) is 6. The molecular weight excluding hydrogens is 446 g/mol. The topological polar surface area (TPSA) is 62.7 Å². The van der Waals surface area contributed by atoms with Crippen LogP contribution in [-0.4, -0.2) is 21.5 Å². The highest BCUT2D eigenvalue weighted by atomic mass is 35.5. The molecule has 29 heavy (non-hydrogen) atoms. The zero-order valence-corrected chi connectivity index (χ0v) is 17.1. The van der Waals surface area contributed by atoms with Crippen LogP contribution in [0.3, 0.4) is 0 Å². The Balaban J connectivity index is 1.41. The second-order valence-corrected chi connectivity index (χ2v) is 8.39. The van der Waals surface area contributed by atoms with Crippen LogP contribution in [0.1, 0.15) is 27.6 Å². The highest BCUT2D eigenvalue weighted by molar-refractivity contribution is 7.16. The molecule has 0 aliphatic carbocycles. The van der Waals surface area contributed by atoms with E-state index in [1.54, 1.807) is 6.20 Å². The lowest BCUT2D eigenvalue weighted by atomic mass is 9.99. The van der Waals surface area contributed by atoms with Crippen molar-refractivity contribution in [3.05, 3.63) is 62.5 Å². The van der Waals surface area contributed by atoms with Gasteiger partial charge in [0.15, 0.2) is 5.13 Å². The summed E-state index contributed by atoms with van der Waals surface area (Å²) in [5.41, 5.74) is 0.744. The number of hydrogen-bond donors (Lipinski definition) is 2. The van der Waals surface area contributed by atoms with Gasteiger partial charge in [-0.25, -0.2) is 9.97 Å². The summed E-state index contributed by atoms with van der Waals surface area (Å²) in [4.78, 5) is 13.0. The molecule has 0 spiro atoms. The quantitative estimate of drug-likeness (QED) is 0.518. The van der Waals surface area contributed by atoms with Gasteiger partial charge in [0.25, 0.3) is 0 Å². The number of thiazole rings is 1. The monoisotopic (exact) mass is 459 g/mol. The second-order valence-electron chi connectivity index (χ2n) is 6.51. The van der Waals surface area contributed by atoms with Crippen LogP contribution in [0.2, 0.25) is 10.2 Å². The Hall–Kier alpha value is -2.10. The van der Waals surface area contributed by atoms with E-state index >= 15 is 0 Å². The van der Waals surface area contributed by atoms with Crippen molar-refractivity contribution in [2.75, 3.05) is 17.2 Å². The molecule has 152 valence electrons. The number of aromatic nitrogens is 3. The molecule has 1 atom stereocenters. The van der Waals surface area contributed by atoms with Gasteiger partial charge < -0.3 is 10.6 Å². The van der Waals surface area contributed by atoms with Crippen LogP contribution in [0.5, 0.6) is 0 Å². The number of nitrogens with zero attached hydrogens (tertiary/aromatic N) is 3. The first-order valence-corrected chi connectivity index (χ1v) is 10.2. The van der Waals surface area contributed by atoms with Crippen LogP contribution in [0.4, 0.5) is 24.1 Å². The van der Waals surface area contributed by atoms with Crippen LogP contribution in [0, 0.1) is 0 Å². The van der Waals surface area contributed by atoms with Crippen molar-refractivity contribution >= 4 is 45.5 Å². The molecule has 0 saturated carbocycles. The van der Waals surface area contributed by atoms with Crippen LogP contribution in [-0.2, 0) is 19.1 Å². The van der Waals surface area contributed by atoms with E-state index < -0.39 is 11.9 Å². The van der Waals surface area contributed by atoms with Crippen LogP contribution < -0.4 is 10.6 Å². The summed E-state index contributed by atoms with van der Waals surface area (Å²) in [6, 6.07) is 4.25. The van der Waals surface area contributed by atoms with Gasteiger partial charge in [-0.1, -0.05) is 29.3 Å². The SMILES string of the molecule is FC(F)(F)c1ccc(CNc2nc(Cl)c(CC3CNc4ncc(Cl)cc43)s2)cn1. The highest BCUT2D eigenvalue weighted by Gasteiger charge is 2.32. The maximum Gasteiger partial charge on any atom is 0.433 e. The van der Waals surface area contributed by atoms with Gasteiger partial charge in [-0.15, -0.1) is 11.3 Å². The zero-order chi connectivity index (χ0) is 20.6. The van der Waals surface area contributed by atoms with Crippen molar-refractivity contribution in [2.24, 2.45) is 0 Å². The first-order chi connectivity index (χ1) is 13.8.